The summed E-state index contributed by atoms with van der Waals surface area (Å²) >= 11 is 0. The molecule has 7 nitrogen and oxygen atoms in total. The zero-order chi connectivity index (χ0) is 31.0. The summed E-state index contributed by atoms with van der Waals surface area (Å²) in [5.74, 6) is -0.169. The molecule has 230 valence electrons. The van der Waals surface area contributed by atoms with Gasteiger partial charge in [0, 0.05) is 16.7 Å². The summed E-state index contributed by atoms with van der Waals surface area (Å²) in [4.78, 5) is 39.6. The fourth-order valence-electron chi connectivity index (χ4n) is 5.06. The summed E-state index contributed by atoms with van der Waals surface area (Å²) in [6.07, 6.45) is 14.3. The monoisotopic (exact) mass is 591 g/mol. The number of anilines is 2. The van der Waals surface area contributed by atoms with Gasteiger partial charge in [-0.05, 0) is 61.1 Å². The molecule has 0 spiro atoms. The van der Waals surface area contributed by atoms with Crippen LogP contribution in [0, 0.1) is 0 Å². The lowest BCUT2D eigenvalue weighted by atomic mass is 10.0. The predicted molar refractivity (Wildman–Crippen MR) is 179 cm³/mol. The van der Waals surface area contributed by atoms with E-state index in [4.69, 9.17) is 0 Å². The van der Waals surface area contributed by atoms with E-state index in [1.807, 2.05) is 78.9 Å². The summed E-state index contributed by atoms with van der Waals surface area (Å²) in [6, 6.07) is 24.7. The van der Waals surface area contributed by atoms with Gasteiger partial charge in [-0.2, -0.15) is 15.0 Å². The highest BCUT2D eigenvalue weighted by Crippen LogP contribution is 2.19. The van der Waals surface area contributed by atoms with Crippen LogP contribution >= 0.6 is 0 Å². The van der Waals surface area contributed by atoms with E-state index in [0.29, 0.717) is 17.0 Å². The van der Waals surface area contributed by atoms with Crippen molar-refractivity contribution in [2.75, 3.05) is 10.6 Å². The normalized spacial score (nSPS) is 10.9. The molecule has 4 rings (SSSR count). The van der Waals surface area contributed by atoms with E-state index in [2.05, 4.69) is 39.4 Å². The molecule has 44 heavy (non-hydrogen) atoms. The molecule has 0 fully saturated rings. The predicted octanol–water partition coefficient (Wildman–Crippen LogP) is 9.07. The average molecular weight is 592 g/mol. The number of rotatable bonds is 17. The van der Waals surface area contributed by atoms with E-state index >= 15 is 0 Å². The van der Waals surface area contributed by atoms with Gasteiger partial charge in [0.15, 0.2) is 5.82 Å². The maximum Gasteiger partial charge on any atom is 0.258 e. The van der Waals surface area contributed by atoms with Gasteiger partial charge in [0.25, 0.3) is 11.8 Å². The van der Waals surface area contributed by atoms with Crippen LogP contribution in [0.2, 0.25) is 0 Å². The minimum atomic E-state index is -0.327. The largest absolute Gasteiger partial charge is 0.290 e. The topological polar surface area (TPSA) is 96.9 Å². The minimum absolute atomic E-state index is 0.0672. The van der Waals surface area contributed by atoms with E-state index < -0.39 is 0 Å². The van der Waals surface area contributed by atoms with Gasteiger partial charge in [-0.3, -0.25) is 20.2 Å². The lowest BCUT2D eigenvalue weighted by molar-refractivity contribution is 0.101. The van der Waals surface area contributed by atoms with Crippen molar-refractivity contribution >= 4 is 23.7 Å². The molecule has 0 atom stereocenters. The molecule has 2 N–H and O–H groups in total. The SMILES string of the molecule is CCCCCCCc1ccc(C(=O)Nc2nc(NC(=O)c3ccc(CCCCCCC)cc3)nc(-c3ccccc3)n2)cc1. The molecule has 1 aromatic heterocycles. The van der Waals surface area contributed by atoms with Crippen molar-refractivity contribution in [3.63, 3.8) is 0 Å². The molecule has 0 aliphatic heterocycles. The maximum absolute atomic E-state index is 13.1. The summed E-state index contributed by atoms with van der Waals surface area (Å²) in [6.45, 7) is 4.44. The van der Waals surface area contributed by atoms with Crippen LogP contribution in [0.25, 0.3) is 11.4 Å². The Balaban J connectivity index is 1.43. The Kier molecular flexibility index (Phi) is 13.1. The van der Waals surface area contributed by atoms with Crippen molar-refractivity contribution in [2.24, 2.45) is 0 Å². The van der Waals surface area contributed by atoms with Crippen molar-refractivity contribution in [3.05, 3.63) is 101 Å². The Hall–Kier alpha value is -4.39. The molecule has 2 amide bonds. The lowest BCUT2D eigenvalue weighted by Gasteiger charge is -2.10. The first-order valence-electron chi connectivity index (χ1n) is 16.2. The first-order valence-corrected chi connectivity index (χ1v) is 16.2. The van der Waals surface area contributed by atoms with Crippen molar-refractivity contribution < 1.29 is 9.59 Å². The van der Waals surface area contributed by atoms with Crippen LogP contribution in [0.15, 0.2) is 78.9 Å². The maximum atomic E-state index is 13.1. The second kappa shape index (κ2) is 17.7. The van der Waals surface area contributed by atoms with E-state index in [1.54, 1.807) is 0 Å². The molecule has 0 bridgehead atoms. The number of carbonyl (C=O) groups excluding carboxylic acids is 2. The average Bonchev–Trinajstić information content (AvgIpc) is 3.05. The number of hydrogen-bond acceptors (Lipinski definition) is 5. The standard InChI is InChI=1S/C37H45N5O2/c1-3-5-7-9-12-16-28-20-24-31(25-21-28)34(43)40-36-38-33(30-18-14-11-15-19-30)39-37(42-36)41-35(44)32-26-22-29(23-27-32)17-13-10-8-6-4-2/h11,14-15,18-27H,3-10,12-13,16-17H2,1-2H3,(H2,38,39,40,41,42,43,44). The first kappa shape index (κ1) is 32.5. The molecular formula is C37H45N5O2. The number of aromatic nitrogens is 3. The van der Waals surface area contributed by atoms with Gasteiger partial charge in [0.2, 0.25) is 11.9 Å². The third-order valence-corrected chi connectivity index (χ3v) is 7.69. The fraction of sp³-hybridized carbons (Fsp3) is 0.378. The summed E-state index contributed by atoms with van der Waals surface area (Å²) < 4.78 is 0. The lowest BCUT2D eigenvalue weighted by Crippen LogP contribution is -2.18. The summed E-state index contributed by atoms with van der Waals surface area (Å²) in [7, 11) is 0. The Bertz CT molecular complexity index is 1360. The Morgan fingerprint density at radius 1 is 0.523 bits per heavy atom. The van der Waals surface area contributed by atoms with Gasteiger partial charge < -0.3 is 0 Å². The van der Waals surface area contributed by atoms with Gasteiger partial charge in [-0.15, -0.1) is 0 Å². The second-order valence-electron chi connectivity index (χ2n) is 11.3. The molecule has 0 saturated heterocycles. The summed E-state index contributed by atoms with van der Waals surface area (Å²) in [5.41, 5.74) is 4.20. The van der Waals surface area contributed by atoms with Crippen molar-refractivity contribution in [1.29, 1.82) is 0 Å². The molecule has 0 radical (unpaired) electrons. The Morgan fingerprint density at radius 2 is 0.955 bits per heavy atom. The fourth-order valence-corrected chi connectivity index (χ4v) is 5.06. The van der Waals surface area contributed by atoms with Crippen molar-refractivity contribution in [3.8, 4) is 11.4 Å². The highest BCUT2D eigenvalue weighted by molar-refractivity contribution is 6.04. The van der Waals surface area contributed by atoms with Crippen molar-refractivity contribution in [2.45, 2.75) is 90.9 Å². The van der Waals surface area contributed by atoms with Gasteiger partial charge in [-0.1, -0.05) is 120 Å². The number of unbranched alkanes of at least 4 members (excludes halogenated alkanes) is 8. The van der Waals surface area contributed by atoms with Gasteiger partial charge in [0.05, 0.1) is 0 Å². The second-order valence-corrected chi connectivity index (χ2v) is 11.3. The van der Waals surface area contributed by atoms with E-state index in [1.165, 1.54) is 62.5 Å². The van der Waals surface area contributed by atoms with Crippen LogP contribution in [-0.2, 0) is 12.8 Å². The molecule has 0 aliphatic carbocycles. The zero-order valence-corrected chi connectivity index (χ0v) is 26.1. The van der Waals surface area contributed by atoms with E-state index in [0.717, 1.165) is 31.2 Å². The highest BCUT2D eigenvalue weighted by atomic mass is 16.2. The molecule has 1 heterocycles. The quantitative estimate of drug-likeness (QED) is 0.119. The van der Waals surface area contributed by atoms with Crippen molar-refractivity contribution in [1.82, 2.24) is 15.0 Å². The van der Waals surface area contributed by atoms with Crippen LogP contribution in [0.5, 0.6) is 0 Å². The van der Waals surface area contributed by atoms with E-state index in [9.17, 15) is 9.59 Å². The third-order valence-electron chi connectivity index (χ3n) is 7.69. The van der Waals surface area contributed by atoms with E-state index in [-0.39, 0.29) is 23.7 Å². The van der Waals surface area contributed by atoms with Gasteiger partial charge in [0.1, 0.15) is 0 Å². The highest BCUT2D eigenvalue weighted by Gasteiger charge is 2.15. The number of amides is 2. The number of nitrogens with zero attached hydrogens (tertiary/aromatic N) is 3. The molecular weight excluding hydrogens is 546 g/mol. The van der Waals surface area contributed by atoms with Crippen LogP contribution < -0.4 is 10.6 Å². The molecule has 4 aromatic rings. The smallest absolute Gasteiger partial charge is 0.258 e. The van der Waals surface area contributed by atoms with Crippen LogP contribution in [-0.4, -0.2) is 26.8 Å². The number of carbonyl (C=O) groups is 2. The Morgan fingerprint density at radius 3 is 1.39 bits per heavy atom. The van der Waals surface area contributed by atoms with Crippen LogP contribution in [0.4, 0.5) is 11.9 Å². The van der Waals surface area contributed by atoms with Gasteiger partial charge in [-0.25, -0.2) is 0 Å². The third kappa shape index (κ3) is 10.4. The molecule has 0 aliphatic rings. The molecule has 0 saturated carbocycles. The number of aryl methyl sites for hydroxylation is 2. The first-order chi connectivity index (χ1) is 21.6. The minimum Gasteiger partial charge on any atom is -0.290 e. The zero-order valence-electron chi connectivity index (χ0n) is 26.1. The van der Waals surface area contributed by atoms with Crippen LogP contribution in [0.3, 0.4) is 0 Å². The van der Waals surface area contributed by atoms with Crippen LogP contribution in [0.1, 0.15) is 110 Å². The summed E-state index contributed by atoms with van der Waals surface area (Å²) in [5, 5.41) is 5.59. The Labute approximate surface area is 262 Å². The molecule has 0 unspecified atom stereocenters. The number of benzene rings is 3. The number of hydrogen-bond donors (Lipinski definition) is 2. The number of nitrogens with one attached hydrogen (secondary N) is 2. The molecule has 3 aromatic carbocycles. The van der Waals surface area contributed by atoms with Gasteiger partial charge >= 0.3 is 0 Å². The molecule has 7 heteroatoms.